The van der Waals surface area contributed by atoms with Crippen molar-refractivity contribution in [3.05, 3.63) is 39.8 Å². The maximum absolute atomic E-state index is 11.7. The first-order valence-electron chi connectivity index (χ1n) is 6.54. The van der Waals surface area contributed by atoms with Gasteiger partial charge in [0.05, 0.1) is 0 Å². The topological polar surface area (TPSA) is 120 Å². The summed E-state index contributed by atoms with van der Waals surface area (Å²) in [7, 11) is 0. The number of nitrogens with two attached hydrogens (primary N) is 2. The number of aromatic amines is 1. The molecular formula is C13H15N5O2S. The van der Waals surface area contributed by atoms with Crippen molar-refractivity contribution in [1.29, 1.82) is 0 Å². The Morgan fingerprint density at radius 2 is 2.24 bits per heavy atom. The molecule has 5 N–H and O–H groups in total. The number of aromatic nitrogens is 3. The van der Waals surface area contributed by atoms with Gasteiger partial charge >= 0.3 is 5.69 Å². The van der Waals surface area contributed by atoms with Crippen molar-refractivity contribution in [2.45, 2.75) is 29.8 Å². The quantitative estimate of drug-likeness (QED) is 0.559. The number of nitrogens with one attached hydrogen (secondary N) is 1. The second-order valence-corrected chi connectivity index (χ2v) is 5.92. The zero-order valence-electron chi connectivity index (χ0n) is 11.2. The van der Waals surface area contributed by atoms with Gasteiger partial charge in [-0.3, -0.25) is 9.36 Å². The molecule has 3 rings (SSSR count). The van der Waals surface area contributed by atoms with Crippen molar-refractivity contribution in [3.63, 3.8) is 0 Å². The summed E-state index contributed by atoms with van der Waals surface area (Å²) < 4.78 is 1.69. The summed E-state index contributed by atoms with van der Waals surface area (Å²) in [6, 6.07) is 5.26. The molecule has 1 fully saturated rings. The van der Waals surface area contributed by atoms with E-state index in [1.807, 2.05) is 0 Å². The molecule has 0 spiro atoms. The van der Waals surface area contributed by atoms with Gasteiger partial charge in [0, 0.05) is 23.0 Å². The number of hydrogen-bond acceptors (Lipinski definition) is 5. The standard InChI is InChI=1S/C13H15N5O2S/c14-10-5-7(11(15)19)1-2-8(10)6-21-13-17-16-12(20)18(13)9-3-4-9/h1-2,5,9H,3-4,6,14H2,(H2,15,19)(H,16,20). The van der Waals surface area contributed by atoms with Crippen LogP contribution in [0.25, 0.3) is 0 Å². The van der Waals surface area contributed by atoms with Crippen LogP contribution in [0.15, 0.2) is 28.2 Å². The van der Waals surface area contributed by atoms with Crippen molar-refractivity contribution in [3.8, 4) is 0 Å². The second-order valence-electron chi connectivity index (χ2n) is 4.98. The lowest BCUT2D eigenvalue weighted by Crippen LogP contribution is -2.16. The molecule has 1 saturated carbocycles. The van der Waals surface area contributed by atoms with Crippen LogP contribution < -0.4 is 17.2 Å². The SMILES string of the molecule is NC(=O)c1ccc(CSc2n[nH]c(=O)n2C2CC2)c(N)c1. The third-order valence-corrected chi connectivity index (χ3v) is 4.37. The van der Waals surface area contributed by atoms with Gasteiger partial charge in [0.1, 0.15) is 0 Å². The number of thioether (sulfide) groups is 1. The highest BCUT2D eigenvalue weighted by Gasteiger charge is 2.28. The van der Waals surface area contributed by atoms with E-state index in [2.05, 4.69) is 10.2 Å². The summed E-state index contributed by atoms with van der Waals surface area (Å²) in [5, 5.41) is 7.19. The van der Waals surface area contributed by atoms with E-state index in [4.69, 9.17) is 11.5 Å². The van der Waals surface area contributed by atoms with E-state index in [1.54, 1.807) is 22.8 Å². The van der Waals surface area contributed by atoms with Crippen LogP contribution in [0.5, 0.6) is 0 Å². The molecule has 0 atom stereocenters. The molecule has 1 aromatic heterocycles. The molecule has 1 aliphatic carbocycles. The van der Waals surface area contributed by atoms with Crippen LogP contribution in [0, 0.1) is 0 Å². The Morgan fingerprint density at radius 1 is 1.48 bits per heavy atom. The van der Waals surface area contributed by atoms with Crippen molar-refractivity contribution in [2.24, 2.45) is 5.73 Å². The van der Waals surface area contributed by atoms with Gasteiger partial charge in [0.2, 0.25) is 5.91 Å². The van der Waals surface area contributed by atoms with E-state index in [-0.39, 0.29) is 11.7 Å². The summed E-state index contributed by atoms with van der Waals surface area (Å²) in [5.74, 6) is 0.0674. The first-order chi connectivity index (χ1) is 10.1. The van der Waals surface area contributed by atoms with E-state index in [9.17, 15) is 9.59 Å². The zero-order valence-corrected chi connectivity index (χ0v) is 12.0. The highest BCUT2D eigenvalue weighted by molar-refractivity contribution is 7.98. The van der Waals surface area contributed by atoms with Crippen LogP contribution in [0.4, 0.5) is 5.69 Å². The summed E-state index contributed by atoms with van der Waals surface area (Å²) in [5.41, 5.74) is 12.7. The average Bonchev–Trinajstić information content (AvgIpc) is 3.21. The van der Waals surface area contributed by atoms with Crippen molar-refractivity contribution in [2.75, 3.05) is 5.73 Å². The van der Waals surface area contributed by atoms with E-state index in [1.165, 1.54) is 11.8 Å². The molecule has 1 heterocycles. The number of anilines is 1. The van der Waals surface area contributed by atoms with Crippen LogP contribution in [-0.4, -0.2) is 20.7 Å². The average molecular weight is 305 g/mol. The fourth-order valence-corrected chi connectivity index (χ4v) is 3.10. The highest BCUT2D eigenvalue weighted by Crippen LogP contribution is 2.36. The van der Waals surface area contributed by atoms with E-state index >= 15 is 0 Å². The number of rotatable bonds is 5. The molecule has 0 unspecified atom stereocenters. The first-order valence-corrected chi connectivity index (χ1v) is 7.52. The van der Waals surface area contributed by atoms with Crippen LogP contribution in [-0.2, 0) is 5.75 Å². The van der Waals surface area contributed by atoms with E-state index in [0.717, 1.165) is 18.4 Å². The normalized spacial score (nSPS) is 14.3. The Morgan fingerprint density at radius 3 is 2.86 bits per heavy atom. The molecule has 0 radical (unpaired) electrons. The lowest BCUT2D eigenvalue weighted by Gasteiger charge is -2.07. The van der Waals surface area contributed by atoms with Gasteiger partial charge in [-0.05, 0) is 30.5 Å². The number of nitrogen functional groups attached to an aromatic ring is 1. The second kappa shape index (κ2) is 5.28. The number of hydrogen-bond donors (Lipinski definition) is 3. The van der Waals surface area contributed by atoms with Crippen molar-refractivity contribution >= 4 is 23.4 Å². The molecule has 1 amide bonds. The Bertz CT molecular complexity index is 747. The minimum atomic E-state index is -0.504. The van der Waals surface area contributed by atoms with Crippen molar-refractivity contribution in [1.82, 2.24) is 14.8 Å². The number of amides is 1. The lowest BCUT2D eigenvalue weighted by molar-refractivity contribution is 0.100. The molecule has 0 saturated heterocycles. The molecule has 0 bridgehead atoms. The van der Waals surface area contributed by atoms with E-state index in [0.29, 0.717) is 22.2 Å². The maximum Gasteiger partial charge on any atom is 0.344 e. The Labute approximate surface area is 124 Å². The number of carbonyl (C=O) groups is 1. The third-order valence-electron chi connectivity index (χ3n) is 3.37. The van der Waals surface area contributed by atoms with Crippen LogP contribution in [0.3, 0.4) is 0 Å². The smallest absolute Gasteiger partial charge is 0.344 e. The van der Waals surface area contributed by atoms with Crippen LogP contribution in [0.1, 0.15) is 34.8 Å². The Hall–Kier alpha value is -2.22. The summed E-state index contributed by atoms with van der Waals surface area (Å²) in [4.78, 5) is 22.8. The number of H-pyrrole nitrogens is 1. The molecule has 8 heteroatoms. The van der Waals surface area contributed by atoms with Gasteiger partial charge in [0.25, 0.3) is 0 Å². The predicted octanol–water partition coefficient (Wildman–Crippen LogP) is 0.880. The molecule has 1 aliphatic rings. The summed E-state index contributed by atoms with van der Waals surface area (Å²) in [6.07, 6.45) is 2.03. The fraction of sp³-hybridized carbons (Fsp3) is 0.308. The molecular weight excluding hydrogens is 290 g/mol. The molecule has 0 aliphatic heterocycles. The number of benzene rings is 1. The molecule has 110 valence electrons. The first kappa shape index (κ1) is 13.7. The third kappa shape index (κ3) is 2.80. The minimum Gasteiger partial charge on any atom is -0.398 e. The zero-order chi connectivity index (χ0) is 15.0. The largest absolute Gasteiger partial charge is 0.398 e. The van der Waals surface area contributed by atoms with Gasteiger partial charge in [0.15, 0.2) is 5.16 Å². The number of primary amides is 1. The summed E-state index contributed by atoms with van der Waals surface area (Å²) in [6.45, 7) is 0. The highest BCUT2D eigenvalue weighted by atomic mass is 32.2. The van der Waals surface area contributed by atoms with Gasteiger partial charge in [-0.2, -0.15) is 0 Å². The number of nitrogens with zero attached hydrogens (tertiary/aromatic N) is 2. The Balaban J connectivity index is 1.76. The van der Waals surface area contributed by atoms with Gasteiger partial charge in [-0.15, -0.1) is 5.10 Å². The van der Waals surface area contributed by atoms with Gasteiger partial charge in [-0.1, -0.05) is 17.8 Å². The molecule has 21 heavy (non-hydrogen) atoms. The monoisotopic (exact) mass is 305 g/mol. The summed E-state index contributed by atoms with van der Waals surface area (Å²) >= 11 is 1.44. The predicted molar refractivity (Wildman–Crippen MR) is 80.1 cm³/mol. The van der Waals surface area contributed by atoms with E-state index < -0.39 is 5.91 Å². The number of carbonyl (C=O) groups excluding carboxylic acids is 1. The molecule has 1 aromatic carbocycles. The lowest BCUT2D eigenvalue weighted by atomic mass is 10.1. The fourth-order valence-electron chi connectivity index (χ4n) is 2.07. The van der Waals surface area contributed by atoms with Gasteiger partial charge in [-0.25, -0.2) is 9.89 Å². The van der Waals surface area contributed by atoms with Gasteiger partial charge < -0.3 is 11.5 Å². The van der Waals surface area contributed by atoms with Crippen LogP contribution in [0.2, 0.25) is 0 Å². The van der Waals surface area contributed by atoms with Crippen molar-refractivity contribution < 1.29 is 4.79 Å². The molecule has 2 aromatic rings. The van der Waals surface area contributed by atoms with Crippen LogP contribution >= 0.6 is 11.8 Å². The molecule has 7 nitrogen and oxygen atoms in total. The maximum atomic E-state index is 11.7. The Kier molecular flexibility index (Phi) is 3.46. The minimum absolute atomic E-state index is 0.169.